The van der Waals surface area contributed by atoms with Crippen LogP contribution in [0.1, 0.15) is 11.1 Å². The minimum absolute atomic E-state index is 0.0283. The number of hydrogen-bond acceptors (Lipinski definition) is 4. The van der Waals surface area contributed by atoms with E-state index in [0.717, 1.165) is 61.4 Å². The van der Waals surface area contributed by atoms with Gasteiger partial charge >= 0.3 is 0 Å². The summed E-state index contributed by atoms with van der Waals surface area (Å²) < 4.78 is 11.0. The van der Waals surface area contributed by atoms with Crippen molar-refractivity contribution in [2.75, 3.05) is 0 Å². The quantitative estimate of drug-likeness (QED) is 0.192. The van der Waals surface area contributed by atoms with Gasteiger partial charge in [-0.2, -0.15) is 0 Å². The molecule has 1 unspecified atom stereocenters. The Balaban J connectivity index is 0.946. The summed E-state index contributed by atoms with van der Waals surface area (Å²) in [5.41, 5.74) is 13.2. The van der Waals surface area contributed by atoms with Crippen molar-refractivity contribution < 1.29 is 4.42 Å². The van der Waals surface area contributed by atoms with E-state index in [2.05, 4.69) is 209 Å². The van der Waals surface area contributed by atoms with Gasteiger partial charge in [-0.15, -0.1) is 0 Å². The van der Waals surface area contributed by atoms with E-state index in [4.69, 9.17) is 9.41 Å². The monoisotopic (exact) mass is 836 g/mol. The Morgan fingerprint density at radius 1 is 0.453 bits per heavy atom. The maximum absolute atomic E-state index is 6.21. The van der Waals surface area contributed by atoms with Crippen molar-refractivity contribution in [3.63, 3.8) is 0 Å². The lowest BCUT2D eigenvalue weighted by Crippen LogP contribution is -2.40. The Labute approximate surface area is 371 Å². The lowest BCUT2D eigenvalue weighted by molar-refractivity contribution is 0.669. The highest BCUT2D eigenvalue weighted by atomic mass is 32.2. The second kappa shape index (κ2) is 13.7. The number of benzene rings is 9. The first kappa shape index (κ1) is 35.5. The summed E-state index contributed by atoms with van der Waals surface area (Å²) in [6.45, 7) is 0. The molecule has 0 saturated heterocycles. The first-order chi connectivity index (χ1) is 31.7. The van der Waals surface area contributed by atoms with Gasteiger partial charge in [0.2, 0.25) is 5.96 Å². The van der Waals surface area contributed by atoms with Crippen molar-refractivity contribution in [2.45, 2.75) is 6.04 Å². The van der Waals surface area contributed by atoms with Crippen LogP contribution in [-0.2, 0) is 0 Å². The fourth-order valence-electron chi connectivity index (χ4n) is 10.2. The minimum Gasteiger partial charge on any atom is -0.456 e. The number of para-hydroxylation sites is 2. The smallest absolute Gasteiger partial charge is 0.209 e. The van der Waals surface area contributed by atoms with Crippen LogP contribution in [0.15, 0.2) is 221 Å². The fourth-order valence-corrected chi connectivity index (χ4v) is 11.4. The SMILES string of the molecule is C1=C(c2ccccc2)SC2=C(c3ccccc3)N=C(n3c4ccc(-c5ccc6c(c5)c5ccccc5n6-c5ccc6oc7ccccc7c6c5)cc4c4ccc5ccccc5c43)NC12. The zero-order chi connectivity index (χ0) is 41.9. The Kier molecular flexibility index (Phi) is 7.62. The molecule has 0 bridgehead atoms. The second-order valence-electron chi connectivity index (χ2n) is 16.7. The highest BCUT2D eigenvalue weighted by Crippen LogP contribution is 2.48. The molecule has 1 N–H and O–H groups in total. The van der Waals surface area contributed by atoms with E-state index in [1.54, 1.807) is 0 Å². The Bertz CT molecular complexity index is 4020. The molecule has 5 nitrogen and oxygen atoms in total. The fraction of sp³-hybridized carbons (Fsp3) is 0.0172. The number of nitrogens with one attached hydrogen (secondary N) is 1. The molecule has 12 aromatic rings. The summed E-state index contributed by atoms with van der Waals surface area (Å²) in [7, 11) is 0. The normalized spacial score (nSPS) is 15.2. The van der Waals surface area contributed by atoms with Crippen molar-refractivity contribution in [3.05, 3.63) is 222 Å². The summed E-state index contributed by atoms with van der Waals surface area (Å²) in [5, 5.41) is 13.4. The van der Waals surface area contributed by atoms with Crippen LogP contribution >= 0.6 is 11.8 Å². The van der Waals surface area contributed by atoms with Crippen molar-refractivity contribution in [3.8, 4) is 16.8 Å². The Hall–Kier alpha value is -8.06. The van der Waals surface area contributed by atoms with Gasteiger partial charge in [-0.05, 0) is 82.7 Å². The predicted molar refractivity (Wildman–Crippen MR) is 269 cm³/mol. The Morgan fingerprint density at radius 2 is 1.09 bits per heavy atom. The molecule has 0 aliphatic carbocycles. The zero-order valence-corrected chi connectivity index (χ0v) is 35.2. The summed E-state index contributed by atoms with van der Waals surface area (Å²) in [5.74, 6) is 0.818. The standard InChI is InChI=1S/C58H36N4OS/c1-3-14-36(15-4-1)54-34-48-57(64-54)55(37-16-5-2-6-17-37)60-58(59-48)62-51-29-25-39(32-46(51)44-27-23-35-13-7-8-18-41(35)56(44)62)38-24-28-50-45(31-38)42-19-9-11-21-49(42)61(50)40-26-30-53-47(33-40)43-20-10-12-22-52(43)63-53/h1-34,48H,(H,59,60). The topological polar surface area (TPSA) is 47.4 Å². The molecule has 300 valence electrons. The van der Waals surface area contributed by atoms with E-state index < -0.39 is 0 Å². The molecule has 2 aliphatic rings. The number of rotatable bonds is 4. The third kappa shape index (κ3) is 5.30. The van der Waals surface area contributed by atoms with Gasteiger partial charge in [0.15, 0.2) is 0 Å². The van der Waals surface area contributed by atoms with Crippen molar-refractivity contribution in [1.29, 1.82) is 0 Å². The number of fused-ring (bicyclic) bond motifs is 12. The average Bonchev–Trinajstić information content (AvgIpc) is 4.13. The molecule has 5 heterocycles. The number of thioether (sulfide) groups is 1. The first-order valence-corrected chi connectivity index (χ1v) is 22.5. The minimum atomic E-state index is -0.0283. The summed E-state index contributed by atoms with van der Waals surface area (Å²) in [6.07, 6.45) is 2.36. The van der Waals surface area contributed by atoms with Crippen molar-refractivity contribution in [2.24, 2.45) is 4.99 Å². The van der Waals surface area contributed by atoms with Gasteiger partial charge < -0.3 is 14.3 Å². The van der Waals surface area contributed by atoms with Gasteiger partial charge in [0, 0.05) is 58.8 Å². The number of aliphatic imine (C=N–C) groups is 1. The van der Waals surface area contributed by atoms with Gasteiger partial charge in [-0.25, -0.2) is 4.99 Å². The summed E-state index contributed by atoms with van der Waals surface area (Å²) in [4.78, 5) is 8.01. The van der Waals surface area contributed by atoms with E-state index in [9.17, 15) is 0 Å². The van der Waals surface area contributed by atoms with Gasteiger partial charge in [0.1, 0.15) is 11.2 Å². The van der Waals surface area contributed by atoms with E-state index in [0.29, 0.717) is 0 Å². The highest BCUT2D eigenvalue weighted by molar-refractivity contribution is 8.12. The van der Waals surface area contributed by atoms with Crippen LogP contribution < -0.4 is 5.32 Å². The maximum Gasteiger partial charge on any atom is 0.209 e. The van der Waals surface area contributed by atoms with Crippen molar-refractivity contribution in [1.82, 2.24) is 14.5 Å². The van der Waals surface area contributed by atoms with Crippen LogP contribution in [-0.4, -0.2) is 21.1 Å². The zero-order valence-electron chi connectivity index (χ0n) is 34.4. The molecule has 0 fully saturated rings. The summed E-state index contributed by atoms with van der Waals surface area (Å²) >= 11 is 1.82. The van der Waals surface area contributed by atoms with Crippen LogP contribution in [0.5, 0.6) is 0 Å². The largest absolute Gasteiger partial charge is 0.456 e. The van der Waals surface area contributed by atoms with Crippen LogP contribution in [0.4, 0.5) is 0 Å². The van der Waals surface area contributed by atoms with Crippen molar-refractivity contribution >= 4 is 105 Å². The molecular formula is C58H36N4OS. The van der Waals surface area contributed by atoms with E-state index >= 15 is 0 Å². The van der Waals surface area contributed by atoms with Crippen LogP contribution in [0, 0.1) is 0 Å². The molecular weight excluding hydrogens is 801 g/mol. The average molecular weight is 837 g/mol. The summed E-state index contributed by atoms with van der Waals surface area (Å²) in [6, 6.07) is 72.0. The number of nitrogens with zero attached hydrogens (tertiary/aromatic N) is 3. The van der Waals surface area contributed by atoms with Gasteiger partial charge in [-0.1, -0.05) is 157 Å². The number of aromatic nitrogens is 2. The lowest BCUT2D eigenvalue weighted by Gasteiger charge is -2.25. The first-order valence-electron chi connectivity index (χ1n) is 21.7. The van der Waals surface area contributed by atoms with Gasteiger partial charge in [0.25, 0.3) is 0 Å². The lowest BCUT2D eigenvalue weighted by atomic mass is 10.00. The molecule has 0 radical (unpaired) electrons. The molecule has 9 aromatic carbocycles. The van der Waals surface area contributed by atoms with Crippen LogP contribution in [0.3, 0.4) is 0 Å². The Morgan fingerprint density at radius 3 is 1.91 bits per heavy atom. The molecule has 0 amide bonds. The van der Waals surface area contributed by atoms with E-state index in [1.165, 1.54) is 64.3 Å². The maximum atomic E-state index is 6.21. The molecule has 64 heavy (non-hydrogen) atoms. The molecule has 2 aliphatic heterocycles. The van der Waals surface area contributed by atoms with Gasteiger partial charge in [0.05, 0.1) is 33.8 Å². The molecule has 14 rings (SSSR count). The van der Waals surface area contributed by atoms with E-state index in [-0.39, 0.29) is 6.04 Å². The van der Waals surface area contributed by atoms with Crippen LogP contribution in [0.25, 0.3) is 104 Å². The van der Waals surface area contributed by atoms with Crippen LogP contribution in [0.2, 0.25) is 0 Å². The molecule has 3 aromatic heterocycles. The predicted octanol–water partition coefficient (Wildman–Crippen LogP) is 14.9. The molecule has 6 heteroatoms. The second-order valence-corrected chi connectivity index (χ2v) is 17.8. The third-order valence-electron chi connectivity index (χ3n) is 13.1. The number of hydrogen-bond donors (Lipinski definition) is 1. The van der Waals surface area contributed by atoms with Gasteiger partial charge in [-0.3, -0.25) is 4.57 Å². The molecule has 1 atom stereocenters. The van der Waals surface area contributed by atoms with E-state index in [1.807, 2.05) is 23.9 Å². The molecule has 0 saturated carbocycles. The third-order valence-corrected chi connectivity index (χ3v) is 14.4. The number of furan rings is 1. The highest BCUT2D eigenvalue weighted by Gasteiger charge is 2.33. The molecule has 0 spiro atoms.